The van der Waals surface area contributed by atoms with Gasteiger partial charge in [-0.3, -0.25) is 4.18 Å². The lowest BCUT2D eigenvalue weighted by Gasteiger charge is -2.46. The smallest absolute Gasteiger partial charge is 0.408 e. The molecule has 1 aliphatic heterocycles. The maximum Gasteiger partial charge on any atom is 0.523 e. The minimum absolute atomic E-state index is 0.438. The third kappa shape index (κ3) is 4.92. The third-order valence-electron chi connectivity index (χ3n) is 4.48. The van der Waals surface area contributed by atoms with Gasteiger partial charge in [0.1, 0.15) is 12.2 Å². The van der Waals surface area contributed by atoms with E-state index in [9.17, 15) is 31.1 Å². The summed E-state index contributed by atoms with van der Waals surface area (Å²) in [5.41, 5.74) is -5.67. The average Bonchev–Trinajstić information content (AvgIpc) is 2.37. The zero-order valence-corrected chi connectivity index (χ0v) is 16.6. The van der Waals surface area contributed by atoms with Crippen molar-refractivity contribution in [2.24, 2.45) is 0 Å². The molecule has 0 bridgehead atoms. The summed E-state index contributed by atoms with van der Waals surface area (Å²) in [6.45, 7) is 10.0. The van der Waals surface area contributed by atoms with Crippen LogP contribution in [0, 0.1) is 0 Å². The van der Waals surface area contributed by atoms with E-state index in [0.717, 1.165) is 0 Å². The van der Waals surface area contributed by atoms with Crippen molar-refractivity contribution in [2.45, 2.75) is 82.1 Å². The second kappa shape index (κ2) is 7.04. The van der Waals surface area contributed by atoms with Gasteiger partial charge in [0.05, 0.1) is 6.10 Å². The zero-order chi connectivity index (χ0) is 20.0. The van der Waals surface area contributed by atoms with Gasteiger partial charge in [-0.2, -0.15) is 21.6 Å². The largest absolute Gasteiger partial charge is 0.523 e. The number of rotatable bonds is 4. The summed E-state index contributed by atoms with van der Waals surface area (Å²) in [5, 5.41) is 9.17. The van der Waals surface area contributed by atoms with Crippen LogP contribution in [-0.2, 0) is 23.5 Å². The van der Waals surface area contributed by atoms with Gasteiger partial charge in [-0.25, -0.2) is 4.39 Å². The molecule has 0 aliphatic carbocycles. The first-order valence-corrected chi connectivity index (χ1v) is 11.9. The van der Waals surface area contributed by atoms with Gasteiger partial charge in [-0.1, -0.05) is 20.8 Å². The zero-order valence-electron chi connectivity index (χ0n) is 14.8. The first-order chi connectivity index (χ1) is 10.9. The van der Waals surface area contributed by atoms with Crippen LogP contribution < -0.4 is 0 Å². The molecule has 1 heterocycles. The molecule has 0 aromatic carbocycles. The standard InChI is InChI=1S/C13H24F4O6SSi/c1-7-9(22-24(19,20)13(15,16)17)10(8(14)11(18)21-7)23-25(5,6)12(2,3)4/h7-11,18H,1-6H3/t7-,8-,9+,10-,11+/m1/s1. The molecule has 12 heteroatoms. The molecule has 1 fully saturated rings. The van der Waals surface area contributed by atoms with Crippen molar-refractivity contribution in [2.75, 3.05) is 0 Å². The second-order valence-corrected chi connectivity index (χ2v) is 13.8. The highest BCUT2D eigenvalue weighted by molar-refractivity contribution is 7.87. The van der Waals surface area contributed by atoms with E-state index in [1.54, 1.807) is 13.1 Å². The lowest BCUT2D eigenvalue weighted by Crippen LogP contribution is -2.61. The summed E-state index contributed by atoms with van der Waals surface area (Å²) in [5.74, 6) is 0. The predicted molar refractivity (Wildman–Crippen MR) is 83.4 cm³/mol. The molecule has 0 radical (unpaired) electrons. The molecule has 0 unspecified atom stereocenters. The average molecular weight is 412 g/mol. The maximum absolute atomic E-state index is 14.4. The summed E-state index contributed by atoms with van der Waals surface area (Å²) in [4.78, 5) is 0. The molecule has 1 rings (SSSR count). The minimum atomic E-state index is -5.99. The Balaban J connectivity index is 3.22. The SMILES string of the molecule is C[C@H]1O[C@H](O)[C@H](F)[C@@H](O[Si](C)(C)C(C)(C)C)[C@H]1OS(=O)(=O)C(F)(F)F. The number of hydrogen-bond donors (Lipinski definition) is 1. The fraction of sp³-hybridized carbons (Fsp3) is 1.00. The Kier molecular flexibility index (Phi) is 6.41. The number of halogens is 4. The molecule has 5 atom stereocenters. The van der Waals surface area contributed by atoms with Crippen LogP contribution in [-0.4, -0.2) is 58.1 Å². The van der Waals surface area contributed by atoms with Crippen LogP contribution in [0.5, 0.6) is 0 Å². The first-order valence-electron chi connectivity index (χ1n) is 7.56. The van der Waals surface area contributed by atoms with E-state index in [4.69, 9.17) is 9.16 Å². The Bertz CT molecular complexity index is 574. The molecule has 0 saturated carbocycles. The van der Waals surface area contributed by atoms with Crippen LogP contribution in [0.2, 0.25) is 18.1 Å². The first kappa shape index (κ1) is 22.8. The van der Waals surface area contributed by atoms with Crippen LogP contribution in [0.3, 0.4) is 0 Å². The van der Waals surface area contributed by atoms with Gasteiger partial charge in [0, 0.05) is 0 Å². The number of aliphatic hydroxyl groups excluding tert-OH is 1. The maximum atomic E-state index is 14.4. The van der Waals surface area contributed by atoms with Gasteiger partial charge in [-0.05, 0) is 25.1 Å². The molecule has 0 amide bonds. The Labute approximate surface area is 145 Å². The van der Waals surface area contributed by atoms with E-state index in [1.165, 1.54) is 6.92 Å². The Hall–Kier alpha value is -0.273. The lowest BCUT2D eigenvalue weighted by atomic mass is 10.0. The molecule has 6 nitrogen and oxygen atoms in total. The molecule has 0 aromatic rings. The van der Waals surface area contributed by atoms with Gasteiger partial charge < -0.3 is 14.3 Å². The summed E-state index contributed by atoms with van der Waals surface area (Å²) < 4.78 is 89.6. The highest BCUT2D eigenvalue weighted by atomic mass is 32.2. The molecule has 1 N–H and O–H groups in total. The number of ether oxygens (including phenoxy) is 1. The predicted octanol–water partition coefficient (Wildman–Crippen LogP) is 2.69. The van der Waals surface area contributed by atoms with Gasteiger partial charge in [0.15, 0.2) is 20.8 Å². The van der Waals surface area contributed by atoms with E-state index in [2.05, 4.69) is 4.18 Å². The summed E-state index contributed by atoms with van der Waals surface area (Å²) in [7, 11) is -8.71. The molecular formula is C13H24F4O6SSi. The quantitative estimate of drug-likeness (QED) is 0.331. The summed E-state index contributed by atoms with van der Waals surface area (Å²) >= 11 is 0. The molecule has 150 valence electrons. The lowest BCUT2D eigenvalue weighted by molar-refractivity contribution is -0.253. The van der Waals surface area contributed by atoms with Gasteiger partial charge in [-0.15, -0.1) is 0 Å². The molecule has 0 spiro atoms. The van der Waals surface area contributed by atoms with Crippen molar-refractivity contribution in [1.82, 2.24) is 0 Å². The normalized spacial score (nSPS) is 32.7. The summed E-state index contributed by atoms with van der Waals surface area (Å²) in [6, 6.07) is 0. The molecule has 1 aliphatic rings. The van der Waals surface area contributed by atoms with Crippen LogP contribution in [0.1, 0.15) is 27.7 Å². The highest BCUT2D eigenvalue weighted by Crippen LogP contribution is 2.41. The van der Waals surface area contributed by atoms with Crippen LogP contribution >= 0.6 is 0 Å². The van der Waals surface area contributed by atoms with Gasteiger partial charge in [0.2, 0.25) is 0 Å². The fourth-order valence-electron chi connectivity index (χ4n) is 1.97. The van der Waals surface area contributed by atoms with Crippen LogP contribution in [0.25, 0.3) is 0 Å². The van der Waals surface area contributed by atoms with Crippen molar-refractivity contribution in [1.29, 1.82) is 0 Å². The van der Waals surface area contributed by atoms with Crippen molar-refractivity contribution in [3.05, 3.63) is 0 Å². The second-order valence-electron chi connectivity index (χ2n) is 7.48. The van der Waals surface area contributed by atoms with Crippen molar-refractivity contribution < 1.29 is 44.4 Å². The van der Waals surface area contributed by atoms with E-state index < -0.39 is 59.8 Å². The summed E-state index contributed by atoms with van der Waals surface area (Å²) in [6.07, 6.45) is -9.18. The van der Waals surface area contributed by atoms with E-state index in [0.29, 0.717) is 0 Å². The van der Waals surface area contributed by atoms with Gasteiger partial charge >= 0.3 is 15.6 Å². The molecule has 1 saturated heterocycles. The third-order valence-corrected chi connectivity index (χ3v) is 10.0. The van der Waals surface area contributed by atoms with Crippen molar-refractivity contribution >= 4 is 18.4 Å². The van der Waals surface area contributed by atoms with Crippen molar-refractivity contribution in [3.63, 3.8) is 0 Å². The van der Waals surface area contributed by atoms with E-state index >= 15 is 0 Å². The molecule has 25 heavy (non-hydrogen) atoms. The van der Waals surface area contributed by atoms with Crippen LogP contribution in [0.4, 0.5) is 17.6 Å². The van der Waals surface area contributed by atoms with Gasteiger partial charge in [0.25, 0.3) is 0 Å². The molecular weight excluding hydrogens is 388 g/mol. The topological polar surface area (TPSA) is 82.1 Å². The molecule has 0 aromatic heterocycles. The Morgan fingerprint density at radius 2 is 1.60 bits per heavy atom. The Morgan fingerprint density at radius 1 is 1.12 bits per heavy atom. The van der Waals surface area contributed by atoms with Crippen molar-refractivity contribution in [3.8, 4) is 0 Å². The van der Waals surface area contributed by atoms with Crippen LogP contribution in [0.15, 0.2) is 0 Å². The minimum Gasteiger partial charge on any atom is -0.408 e. The van der Waals surface area contributed by atoms with E-state index in [-0.39, 0.29) is 0 Å². The highest BCUT2D eigenvalue weighted by Gasteiger charge is 2.55. The number of hydrogen-bond acceptors (Lipinski definition) is 6. The fourth-order valence-corrected chi connectivity index (χ4v) is 3.93. The monoisotopic (exact) mass is 412 g/mol. The van der Waals surface area contributed by atoms with E-state index in [1.807, 2.05) is 20.8 Å². The Morgan fingerprint density at radius 3 is 2.00 bits per heavy atom. The number of aliphatic hydroxyl groups is 1. The number of alkyl halides is 4.